The lowest BCUT2D eigenvalue weighted by Crippen LogP contribution is -2.38. The fourth-order valence-corrected chi connectivity index (χ4v) is 2.33. The van der Waals surface area contributed by atoms with Gasteiger partial charge in [-0.15, -0.1) is 0 Å². The molecule has 2 rings (SSSR count). The van der Waals surface area contributed by atoms with Gasteiger partial charge in [-0.3, -0.25) is 4.79 Å². The molecule has 0 aromatic heterocycles. The summed E-state index contributed by atoms with van der Waals surface area (Å²) in [6.45, 7) is 3.72. The molecule has 5 nitrogen and oxygen atoms in total. The van der Waals surface area contributed by atoms with Crippen LogP contribution in [0.4, 0.5) is 5.69 Å². The summed E-state index contributed by atoms with van der Waals surface area (Å²) in [7, 11) is 0. The van der Waals surface area contributed by atoms with Gasteiger partial charge in [-0.05, 0) is 12.5 Å². The van der Waals surface area contributed by atoms with E-state index in [-0.39, 0.29) is 5.91 Å². The molecule has 0 saturated heterocycles. The number of ether oxygens (including phenoxy) is 1. The fourth-order valence-electron chi connectivity index (χ4n) is 2.33. The van der Waals surface area contributed by atoms with Gasteiger partial charge in [-0.25, -0.2) is 0 Å². The van der Waals surface area contributed by atoms with E-state index in [4.69, 9.17) is 9.94 Å². The van der Waals surface area contributed by atoms with Gasteiger partial charge >= 0.3 is 0 Å². The first kappa shape index (κ1) is 14.5. The molecule has 5 heteroatoms. The van der Waals surface area contributed by atoms with Gasteiger partial charge in [0, 0.05) is 25.1 Å². The largest absolute Gasteiger partial charge is 0.411 e. The number of benzene rings is 1. The second-order valence-electron chi connectivity index (χ2n) is 4.72. The number of oxime groups is 1. The summed E-state index contributed by atoms with van der Waals surface area (Å²) in [4.78, 5) is 14.0. The van der Waals surface area contributed by atoms with Gasteiger partial charge in [0.15, 0.2) is 0 Å². The van der Waals surface area contributed by atoms with E-state index in [0.29, 0.717) is 38.3 Å². The minimum atomic E-state index is 0.0468. The maximum absolute atomic E-state index is 12.3. The zero-order chi connectivity index (χ0) is 14.4. The molecule has 0 aliphatic carbocycles. The number of para-hydroxylation sites is 1. The van der Waals surface area contributed by atoms with Crippen molar-refractivity contribution in [3.63, 3.8) is 0 Å². The summed E-state index contributed by atoms with van der Waals surface area (Å²) in [5, 5.41) is 12.4. The predicted molar refractivity (Wildman–Crippen MR) is 77.5 cm³/mol. The van der Waals surface area contributed by atoms with Crippen molar-refractivity contribution in [3.8, 4) is 0 Å². The average Bonchev–Trinajstić information content (AvgIpc) is 2.50. The minimum absolute atomic E-state index is 0.0468. The summed E-state index contributed by atoms with van der Waals surface area (Å²) >= 11 is 0. The lowest BCUT2D eigenvalue weighted by molar-refractivity contribution is -0.119. The van der Waals surface area contributed by atoms with E-state index in [1.807, 2.05) is 31.2 Å². The number of rotatable bonds is 5. The molecule has 0 atom stereocenters. The van der Waals surface area contributed by atoms with Crippen molar-refractivity contribution >= 4 is 17.3 Å². The number of amides is 1. The Bertz CT molecular complexity index is 500. The maximum atomic E-state index is 12.3. The number of carbonyl (C=O) groups excluding carboxylic acids is 1. The highest BCUT2D eigenvalue weighted by molar-refractivity contribution is 6.11. The third kappa shape index (κ3) is 3.17. The second-order valence-corrected chi connectivity index (χ2v) is 4.72. The maximum Gasteiger partial charge on any atom is 0.229 e. The second kappa shape index (κ2) is 7.05. The van der Waals surface area contributed by atoms with Gasteiger partial charge in [-0.1, -0.05) is 30.3 Å². The van der Waals surface area contributed by atoms with E-state index >= 15 is 0 Å². The SMILES string of the molecule is CCCOCCC(=O)N1CCC(=NO)c2ccccc21. The molecular weight excluding hydrogens is 256 g/mol. The molecule has 0 spiro atoms. The van der Waals surface area contributed by atoms with Crippen molar-refractivity contribution in [1.29, 1.82) is 0 Å². The molecule has 1 aliphatic rings. The molecule has 1 N–H and O–H groups in total. The first-order valence-corrected chi connectivity index (χ1v) is 6.96. The van der Waals surface area contributed by atoms with Crippen molar-refractivity contribution in [2.24, 2.45) is 5.16 Å². The zero-order valence-corrected chi connectivity index (χ0v) is 11.7. The molecule has 1 aromatic carbocycles. The van der Waals surface area contributed by atoms with Gasteiger partial charge in [0.2, 0.25) is 5.91 Å². The molecular formula is C15H20N2O3. The Morgan fingerprint density at radius 3 is 2.95 bits per heavy atom. The van der Waals surface area contributed by atoms with Crippen LogP contribution in [0, 0.1) is 0 Å². The van der Waals surface area contributed by atoms with Crippen molar-refractivity contribution in [2.45, 2.75) is 26.2 Å². The van der Waals surface area contributed by atoms with Crippen molar-refractivity contribution < 1.29 is 14.7 Å². The first-order chi connectivity index (χ1) is 9.77. The van der Waals surface area contributed by atoms with Crippen molar-refractivity contribution in [3.05, 3.63) is 29.8 Å². The van der Waals surface area contributed by atoms with Gasteiger partial charge in [-0.2, -0.15) is 0 Å². The summed E-state index contributed by atoms with van der Waals surface area (Å²) in [6, 6.07) is 7.51. The number of carbonyl (C=O) groups is 1. The number of nitrogens with zero attached hydrogens (tertiary/aromatic N) is 2. The van der Waals surface area contributed by atoms with E-state index in [1.54, 1.807) is 4.90 Å². The van der Waals surface area contributed by atoms with Crippen LogP contribution in [-0.4, -0.2) is 36.6 Å². The van der Waals surface area contributed by atoms with Crippen LogP contribution < -0.4 is 4.90 Å². The van der Waals surface area contributed by atoms with Crippen LogP contribution in [0.25, 0.3) is 0 Å². The Labute approximate surface area is 118 Å². The quantitative estimate of drug-likeness (QED) is 0.510. The summed E-state index contributed by atoms with van der Waals surface area (Å²) < 4.78 is 5.36. The summed E-state index contributed by atoms with van der Waals surface area (Å²) in [6.07, 6.45) is 1.89. The van der Waals surface area contributed by atoms with Gasteiger partial charge in [0.05, 0.1) is 24.4 Å². The Hall–Kier alpha value is -1.88. The summed E-state index contributed by atoms with van der Waals surface area (Å²) in [5.74, 6) is 0.0468. The van der Waals surface area contributed by atoms with Crippen LogP contribution in [0.2, 0.25) is 0 Å². The molecule has 20 heavy (non-hydrogen) atoms. The van der Waals surface area contributed by atoms with Crippen LogP contribution in [0.1, 0.15) is 31.7 Å². The Morgan fingerprint density at radius 1 is 1.40 bits per heavy atom. The lowest BCUT2D eigenvalue weighted by atomic mass is 9.99. The highest BCUT2D eigenvalue weighted by Gasteiger charge is 2.25. The molecule has 1 heterocycles. The van der Waals surface area contributed by atoms with E-state index in [0.717, 1.165) is 17.7 Å². The highest BCUT2D eigenvalue weighted by Crippen LogP contribution is 2.27. The molecule has 0 fully saturated rings. The van der Waals surface area contributed by atoms with Crippen LogP contribution in [-0.2, 0) is 9.53 Å². The fraction of sp³-hybridized carbons (Fsp3) is 0.467. The smallest absolute Gasteiger partial charge is 0.229 e. The van der Waals surface area contributed by atoms with Crippen molar-refractivity contribution in [1.82, 2.24) is 0 Å². The monoisotopic (exact) mass is 276 g/mol. The molecule has 1 amide bonds. The zero-order valence-electron chi connectivity index (χ0n) is 11.7. The number of fused-ring (bicyclic) bond motifs is 1. The van der Waals surface area contributed by atoms with Crippen LogP contribution in [0.15, 0.2) is 29.4 Å². The molecule has 108 valence electrons. The normalized spacial score (nSPS) is 16.2. The number of hydrogen-bond donors (Lipinski definition) is 1. The van der Waals surface area contributed by atoms with Gasteiger partial charge in [0.1, 0.15) is 0 Å². The van der Waals surface area contributed by atoms with E-state index in [1.165, 1.54) is 0 Å². The standard InChI is InChI=1S/C15H20N2O3/c1-2-10-20-11-8-15(18)17-9-7-13(16-19)12-5-3-4-6-14(12)17/h3-6,19H,2,7-11H2,1H3. The Balaban J connectivity index is 2.08. The number of hydrogen-bond acceptors (Lipinski definition) is 4. The van der Waals surface area contributed by atoms with Gasteiger partial charge in [0.25, 0.3) is 0 Å². The molecule has 0 bridgehead atoms. The molecule has 1 aromatic rings. The molecule has 0 radical (unpaired) electrons. The van der Waals surface area contributed by atoms with Crippen molar-refractivity contribution in [2.75, 3.05) is 24.7 Å². The Morgan fingerprint density at radius 2 is 2.20 bits per heavy atom. The lowest BCUT2D eigenvalue weighted by Gasteiger charge is -2.29. The third-order valence-corrected chi connectivity index (χ3v) is 3.31. The van der Waals surface area contributed by atoms with Crippen LogP contribution >= 0.6 is 0 Å². The summed E-state index contributed by atoms with van der Waals surface area (Å²) in [5.41, 5.74) is 2.27. The predicted octanol–water partition coefficient (Wildman–Crippen LogP) is 2.42. The third-order valence-electron chi connectivity index (χ3n) is 3.31. The Kier molecular flexibility index (Phi) is 5.12. The number of anilines is 1. The highest BCUT2D eigenvalue weighted by atomic mass is 16.5. The molecule has 0 saturated carbocycles. The van der Waals surface area contributed by atoms with Crippen LogP contribution in [0.5, 0.6) is 0 Å². The van der Waals surface area contributed by atoms with Gasteiger partial charge < -0.3 is 14.8 Å². The van der Waals surface area contributed by atoms with E-state index in [2.05, 4.69) is 5.16 Å². The average molecular weight is 276 g/mol. The van der Waals surface area contributed by atoms with E-state index in [9.17, 15) is 4.79 Å². The first-order valence-electron chi connectivity index (χ1n) is 6.96. The molecule has 1 aliphatic heterocycles. The molecule has 0 unspecified atom stereocenters. The van der Waals surface area contributed by atoms with E-state index < -0.39 is 0 Å². The minimum Gasteiger partial charge on any atom is -0.411 e. The van der Waals surface area contributed by atoms with Crippen LogP contribution in [0.3, 0.4) is 0 Å². The topological polar surface area (TPSA) is 62.1 Å².